The van der Waals surface area contributed by atoms with Gasteiger partial charge in [0.2, 0.25) is 5.91 Å². The predicted octanol–water partition coefficient (Wildman–Crippen LogP) is 1.91. The lowest BCUT2D eigenvalue weighted by atomic mass is 9.96. The summed E-state index contributed by atoms with van der Waals surface area (Å²) in [6.07, 6.45) is 5.22. The SMILES string of the molecule is C#Cc1cc(C)cc(C)c1CC(=O)N1CCN(OC)CCN1C(=O)OCC. The number of terminal acetylenes is 1. The van der Waals surface area contributed by atoms with E-state index in [1.807, 2.05) is 26.0 Å². The summed E-state index contributed by atoms with van der Waals surface area (Å²) >= 11 is 0. The van der Waals surface area contributed by atoms with Gasteiger partial charge in [0.05, 0.1) is 33.2 Å². The van der Waals surface area contributed by atoms with E-state index in [4.69, 9.17) is 16.0 Å². The molecule has 0 aliphatic carbocycles. The summed E-state index contributed by atoms with van der Waals surface area (Å²) in [5.74, 6) is 2.46. The maximum Gasteiger partial charge on any atom is 0.428 e. The Bertz CT molecular complexity index is 741. The molecule has 0 aromatic heterocycles. The fourth-order valence-corrected chi connectivity index (χ4v) is 3.20. The molecule has 1 saturated heterocycles. The van der Waals surface area contributed by atoms with Crippen LogP contribution in [0.3, 0.4) is 0 Å². The molecule has 0 N–H and O–H groups in total. The van der Waals surface area contributed by atoms with E-state index in [1.54, 1.807) is 19.1 Å². The standard InChI is InChI=1S/C20H27N3O4/c1-6-17-13-15(3)12-16(4)18(17)14-19(24)22-10-8-21(26-5)9-11-23(22)20(25)27-7-2/h1,12-13H,7-11,14H2,2-5H3. The molecule has 1 fully saturated rings. The average molecular weight is 373 g/mol. The van der Waals surface area contributed by atoms with E-state index in [1.165, 1.54) is 10.0 Å². The van der Waals surface area contributed by atoms with Gasteiger partial charge < -0.3 is 9.57 Å². The highest BCUT2D eigenvalue weighted by atomic mass is 16.7. The Labute approximate surface area is 160 Å². The molecule has 0 atom stereocenters. The first-order chi connectivity index (χ1) is 12.9. The topological polar surface area (TPSA) is 62.3 Å². The van der Waals surface area contributed by atoms with Crippen LogP contribution in [0.15, 0.2) is 12.1 Å². The molecule has 1 aliphatic heterocycles. The summed E-state index contributed by atoms with van der Waals surface area (Å²) in [4.78, 5) is 30.7. The summed E-state index contributed by atoms with van der Waals surface area (Å²) in [7, 11) is 1.57. The van der Waals surface area contributed by atoms with Gasteiger partial charge in [0.15, 0.2) is 0 Å². The number of amides is 2. The van der Waals surface area contributed by atoms with Crippen molar-refractivity contribution in [1.82, 2.24) is 15.1 Å². The van der Waals surface area contributed by atoms with Crippen LogP contribution in [-0.4, -0.2) is 67.0 Å². The van der Waals surface area contributed by atoms with Gasteiger partial charge in [0.25, 0.3) is 0 Å². The van der Waals surface area contributed by atoms with Crippen LogP contribution in [0, 0.1) is 26.2 Å². The highest BCUT2D eigenvalue weighted by molar-refractivity contribution is 5.82. The molecule has 7 nitrogen and oxygen atoms in total. The first kappa shape index (κ1) is 20.7. The third-order valence-electron chi connectivity index (χ3n) is 4.54. The van der Waals surface area contributed by atoms with Crippen LogP contribution in [0.1, 0.15) is 29.2 Å². The fraction of sp³-hybridized carbons (Fsp3) is 0.500. The monoisotopic (exact) mass is 373 g/mol. The number of aryl methyl sites for hydroxylation is 2. The molecule has 2 amide bonds. The normalized spacial score (nSPS) is 15.2. The van der Waals surface area contributed by atoms with Crippen molar-refractivity contribution in [2.45, 2.75) is 27.2 Å². The minimum Gasteiger partial charge on any atom is -0.448 e. The number of benzene rings is 1. The van der Waals surface area contributed by atoms with Gasteiger partial charge in [0.1, 0.15) is 0 Å². The highest BCUT2D eigenvalue weighted by Gasteiger charge is 2.31. The number of ether oxygens (including phenoxy) is 1. The van der Waals surface area contributed by atoms with Crippen LogP contribution in [0.5, 0.6) is 0 Å². The molecular weight excluding hydrogens is 346 g/mol. The fourth-order valence-electron chi connectivity index (χ4n) is 3.20. The zero-order chi connectivity index (χ0) is 20.0. The molecule has 0 unspecified atom stereocenters. The predicted molar refractivity (Wildman–Crippen MR) is 102 cm³/mol. The van der Waals surface area contributed by atoms with Gasteiger partial charge in [-0.25, -0.2) is 14.8 Å². The molecule has 1 aromatic carbocycles. The summed E-state index contributed by atoms with van der Waals surface area (Å²) in [5.41, 5.74) is 3.53. The minimum absolute atomic E-state index is 0.120. The van der Waals surface area contributed by atoms with E-state index in [-0.39, 0.29) is 18.9 Å². The van der Waals surface area contributed by atoms with Gasteiger partial charge in [0, 0.05) is 18.7 Å². The van der Waals surface area contributed by atoms with Crippen LogP contribution < -0.4 is 0 Å². The number of hydroxylamine groups is 2. The maximum absolute atomic E-state index is 13.1. The zero-order valence-electron chi connectivity index (χ0n) is 16.4. The smallest absolute Gasteiger partial charge is 0.428 e. The van der Waals surface area contributed by atoms with Crippen LogP contribution in [0.2, 0.25) is 0 Å². The Morgan fingerprint density at radius 3 is 2.41 bits per heavy atom. The quantitative estimate of drug-likeness (QED) is 0.755. The molecule has 0 saturated carbocycles. The third kappa shape index (κ3) is 5.00. The molecule has 0 radical (unpaired) electrons. The number of nitrogens with zero attached hydrogens (tertiary/aromatic N) is 3. The molecule has 146 valence electrons. The van der Waals surface area contributed by atoms with Crippen molar-refractivity contribution in [3.8, 4) is 12.3 Å². The highest BCUT2D eigenvalue weighted by Crippen LogP contribution is 2.19. The second kappa shape index (κ2) is 9.40. The maximum atomic E-state index is 13.1. The van der Waals surface area contributed by atoms with Crippen molar-refractivity contribution in [2.75, 3.05) is 39.9 Å². The Morgan fingerprint density at radius 1 is 1.15 bits per heavy atom. The van der Waals surface area contributed by atoms with Gasteiger partial charge in [-0.1, -0.05) is 12.0 Å². The van der Waals surface area contributed by atoms with Crippen LogP contribution in [0.25, 0.3) is 0 Å². The van der Waals surface area contributed by atoms with E-state index in [2.05, 4.69) is 5.92 Å². The molecule has 1 aromatic rings. The zero-order valence-corrected chi connectivity index (χ0v) is 16.4. The van der Waals surface area contributed by atoms with E-state index in [0.717, 1.165) is 16.7 Å². The van der Waals surface area contributed by atoms with Gasteiger partial charge in [-0.05, 0) is 43.5 Å². The Hall–Kier alpha value is -2.56. The lowest BCUT2D eigenvalue weighted by Crippen LogP contribution is -2.51. The molecule has 7 heteroatoms. The molecule has 1 heterocycles. The average Bonchev–Trinajstić information content (AvgIpc) is 2.86. The van der Waals surface area contributed by atoms with Crippen LogP contribution in [0.4, 0.5) is 4.79 Å². The lowest BCUT2D eigenvalue weighted by molar-refractivity contribution is -0.145. The van der Waals surface area contributed by atoms with Gasteiger partial charge in [-0.2, -0.15) is 5.06 Å². The number of rotatable bonds is 4. The van der Waals surface area contributed by atoms with E-state index >= 15 is 0 Å². The van der Waals surface area contributed by atoms with Gasteiger partial charge in [-0.15, -0.1) is 6.42 Å². The van der Waals surface area contributed by atoms with E-state index < -0.39 is 6.09 Å². The number of carbonyl (C=O) groups is 2. The van der Waals surface area contributed by atoms with Crippen molar-refractivity contribution < 1.29 is 19.2 Å². The van der Waals surface area contributed by atoms with Gasteiger partial charge in [-0.3, -0.25) is 4.79 Å². The third-order valence-corrected chi connectivity index (χ3v) is 4.54. The second-order valence-corrected chi connectivity index (χ2v) is 6.38. The summed E-state index contributed by atoms with van der Waals surface area (Å²) in [6, 6.07) is 3.90. The molecule has 0 spiro atoms. The van der Waals surface area contributed by atoms with Crippen molar-refractivity contribution in [2.24, 2.45) is 0 Å². The van der Waals surface area contributed by atoms with Gasteiger partial charge >= 0.3 is 6.09 Å². The van der Waals surface area contributed by atoms with E-state index in [9.17, 15) is 9.59 Å². The molecular formula is C20H27N3O4. The number of hydrazine groups is 1. The van der Waals surface area contributed by atoms with Crippen LogP contribution in [-0.2, 0) is 20.8 Å². The van der Waals surface area contributed by atoms with Crippen molar-refractivity contribution in [3.05, 3.63) is 34.4 Å². The summed E-state index contributed by atoms with van der Waals surface area (Å²) in [6.45, 7) is 7.48. The van der Waals surface area contributed by atoms with Crippen molar-refractivity contribution >= 4 is 12.0 Å². The van der Waals surface area contributed by atoms with Crippen molar-refractivity contribution in [1.29, 1.82) is 0 Å². The summed E-state index contributed by atoms with van der Waals surface area (Å²) < 4.78 is 5.12. The molecule has 1 aliphatic rings. The summed E-state index contributed by atoms with van der Waals surface area (Å²) in [5, 5.41) is 4.50. The molecule has 2 rings (SSSR count). The van der Waals surface area contributed by atoms with Crippen LogP contribution >= 0.6 is 0 Å². The number of hydrogen-bond donors (Lipinski definition) is 0. The largest absolute Gasteiger partial charge is 0.448 e. The molecule has 27 heavy (non-hydrogen) atoms. The first-order valence-electron chi connectivity index (χ1n) is 9.01. The number of hydrogen-bond acceptors (Lipinski definition) is 5. The Morgan fingerprint density at radius 2 is 1.81 bits per heavy atom. The lowest BCUT2D eigenvalue weighted by Gasteiger charge is -2.32. The van der Waals surface area contributed by atoms with Crippen molar-refractivity contribution in [3.63, 3.8) is 0 Å². The van der Waals surface area contributed by atoms with E-state index in [0.29, 0.717) is 31.7 Å². The Balaban J connectivity index is 2.28. The molecule has 0 bridgehead atoms. The number of carbonyl (C=O) groups excluding carboxylic acids is 2. The Kier molecular flexibility index (Phi) is 7.22. The first-order valence-corrected chi connectivity index (χ1v) is 9.01. The minimum atomic E-state index is -0.540. The second-order valence-electron chi connectivity index (χ2n) is 6.38.